The Kier molecular flexibility index (Phi) is 4.66. The number of nitro groups is 1. The molecule has 1 aromatic heterocycles. The van der Waals surface area contributed by atoms with E-state index in [1.54, 1.807) is 6.92 Å². The first kappa shape index (κ1) is 16.5. The molecule has 1 aromatic rings. The lowest BCUT2D eigenvalue weighted by atomic mass is 9.87. The molecule has 0 saturated carbocycles. The molecule has 23 heavy (non-hydrogen) atoms. The number of carbonyl (C=O) groups excluding carboxylic acids is 1. The minimum absolute atomic E-state index is 0.0235. The second-order valence-corrected chi connectivity index (χ2v) is 5.64. The van der Waals surface area contributed by atoms with Gasteiger partial charge < -0.3 is 15.2 Å². The van der Waals surface area contributed by atoms with Gasteiger partial charge in [0.2, 0.25) is 5.88 Å². The van der Waals surface area contributed by atoms with Gasteiger partial charge in [-0.05, 0) is 19.9 Å². The maximum Gasteiger partial charge on any atom is 0.338 e. The Balaban J connectivity index is 2.59. The van der Waals surface area contributed by atoms with Crippen LogP contribution in [0.15, 0.2) is 34.9 Å². The number of rotatable bonds is 4. The zero-order valence-electron chi connectivity index (χ0n) is 12.4. The van der Waals surface area contributed by atoms with Crippen LogP contribution in [0.1, 0.15) is 24.6 Å². The van der Waals surface area contributed by atoms with Crippen LogP contribution < -0.4 is 5.73 Å². The first-order valence-corrected chi connectivity index (χ1v) is 7.41. The van der Waals surface area contributed by atoms with E-state index in [4.69, 9.17) is 15.2 Å². The Morgan fingerprint density at radius 1 is 1.61 bits per heavy atom. The van der Waals surface area contributed by atoms with E-state index < -0.39 is 16.8 Å². The predicted octanol–water partition coefficient (Wildman–Crippen LogP) is 2.30. The zero-order chi connectivity index (χ0) is 17.1. The van der Waals surface area contributed by atoms with E-state index in [1.807, 2.05) is 6.07 Å². The van der Waals surface area contributed by atoms with E-state index in [0.29, 0.717) is 4.88 Å². The number of nitrogens with two attached hydrogens (primary N) is 1. The summed E-state index contributed by atoms with van der Waals surface area (Å²) in [5.41, 5.74) is 5.87. The second kappa shape index (κ2) is 6.50. The molecule has 1 unspecified atom stereocenters. The molecule has 2 rings (SSSR count). The summed E-state index contributed by atoms with van der Waals surface area (Å²) in [5.74, 6) is -1.40. The number of hydrogen-bond donors (Lipinski definition) is 1. The summed E-state index contributed by atoms with van der Waals surface area (Å²) in [4.78, 5) is 23.0. The molecule has 8 nitrogen and oxygen atoms in total. The van der Waals surface area contributed by atoms with E-state index in [0.717, 1.165) is 11.3 Å². The standard InChI is InChI=1S/C14H13N3O5S/c1-3-21-14(18)11-7(2)22-13(16)8(6-15)12(11)9-4-5-10(23-9)17(19)20/h4-5,12H,3,16H2,1-2H3. The summed E-state index contributed by atoms with van der Waals surface area (Å²) in [6, 6.07) is 4.73. The van der Waals surface area contributed by atoms with Crippen LogP contribution in [0.3, 0.4) is 0 Å². The molecule has 120 valence electrons. The molecule has 0 radical (unpaired) electrons. The number of allylic oxidation sites excluding steroid dienone is 2. The third-order valence-corrected chi connectivity index (χ3v) is 4.28. The largest absolute Gasteiger partial charge is 0.463 e. The van der Waals surface area contributed by atoms with Gasteiger partial charge >= 0.3 is 11.0 Å². The number of nitrogens with zero attached hydrogens (tertiary/aromatic N) is 2. The summed E-state index contributed by atoms with van der Waals surface area (Å²) in [7, 11) is 0. The van der Waals surface area contributed by atoms with Crippen LogP contribution in [0.25, 0.3) is 0 Å². The van der Waals surface area contributed by atoms with Gasteiger partial charge in [0.15, 0.2) is 0 Å². The van der Waals surface area contributed by atoms with Crippen molar-refractivity contribution in [3.63, 3.8) is 0 Å². The first-order valence-electron chi connectivity index (χ1n) is 6.60. The molecule has 0 fully saturated rings. The average Bonchev–Trinajstić information content (AvgIpc) is 2.96. The lowest BCUT2D eigenvalue weighted by Crippen LogP contribution is -2.25. The van der Waals surface area contributed by atoms with E-state index >= 15 is 0 Å². The van der Waals surface area contributed by atoms with Crippen LogP contribution in [-0.2, 0) is 14.3 Å². The highest BCUT2D eigenvalue weighted by Crippen LogP contribution is 2.43. The van der Waals surface area contributed by atoms with Crippen molar-refractivity contribution in [1.82, 2.24) is 0 Å². The van der Waals surface area contributed by atoms with Gasteiger partial charge in [0, 0.05) is 10.9 Å². The molecule has 1 aliphatic rings. The topological polar surface area (TPSA) is 128 Å². The van der Waals surface area contributed by atoms with Crippen molar-refractivity contribution in [3.8, 4) is 6.07 Å². The number of esters is 1. The Morgan fingerprint density at radius 2 is 2.30 bits per heavy atom. The normalized spacial score (nSPS) is 17.5. The molecule has 0 aromatic carbocycles. The van der Waals surface area contributed by atoms with Crippen molar-refractivity contribution in [2.45, 2.75) is 19.8 Å². The van der Waals surface area contributed by atoms with Gasteiger partial charge in [0.05, 0.1) is 23.0 Å². The third-order valence-electron chi connectivity index (χ3n) is 3.18. The van der Waals surface area contributed by atoms with Gasteiger partial charge in [-0.3, -0.25) is 10.1 Å². The Morgan fingerprint density at radius 3 is 2.83 bits per heavy atom. The minimum Gasteiger partial charge on any atom is -0.463 e. The van der Waals surface area contributed by atoms with Crippen molar-refractivity contribution in [1.29, 1.82) is 5.26 Å². The Bertz CT molecular complexity index is 772. The second-order valence-electron chi connectivity index (χ2n) is 4.55. The van der Waals surface area contributed by atoms with Crippen molar-refractivity contribution in [3.05, 3.63) is 49.9 Å². The summed E-state index contributed by atoms with van der Waals surface area (Å²) < 4.78 is 10.3. The summed E-state index contributed by atoms with van der Waals surface area (Å²) in [6.07, 6.45) is 0. The van der Waals surface area contributed by atoms with Crippen LogP contribution in [0.5, 0.6) is 0 Å². The molecule has 1 atom stereocenters. The fraction of sp³-hybridized carbons (Fsp3) is 0.286. The summed E-state index contributed by atoms with van der Waals surface area (Å²) >= 11 is 0.873. The van der Waals surface area contributed by atoms with Crippen LogP contribution >= 0.6 is 11.3 Å². The van der Waals surface area contributed by atoms with Gasteiger partial charge in [-0.1, -0.05) is 11.3 Å². The molecule has 0 spiro atoms. The lowest BCUT2D eigenvalue weighted by Gasteiger charge is -2.25. The van der Waals surface area contributed by atoms with E-state index in [1.165, 1.54) is 19.1 Å². The molecule has 0 aliphatic carbocycles. The molecule has 0 amide bonds. The maximum atomic E-state index is 12.2. The van der Waals surface area contributed by atoms with E-state index in [9.17, 15) is 20.2 Å². The first-order chi connectivity index (χ1) is 10.9. The quantitative estimate of drug-likeness (QED) is 0.507. The van der Waals surface area contributed by atoms with Crippen molar-refractivity contribution in [2.75, 3.05) is 6.61 Å². The van der Waals surface area contributed by atoms with Crippen LogP contribution in [0.4, 0.5) is 5.00 Å². The Hall–Kier alpha value is -2.86. The van der Waals surface area contributed by atoms with Gasteiger partial charge in [-0.2, -0.15) is 5.26 Å². The molecule has 0 saturated heterocycles. The van der Waals surface area contributed by atoms with Crippen LogP contribution in [0, 0.1) is 21.4 Å². The monoisotopic (exact) mass is 335 g/mol. The number of nitriles is 1. The summed E-state index contributed by atoms with van der Waals surface area (Å²) in [6.45, 7) is 3.33. The highest BCUT2D eigenvalue weighted by atomic mass is 32.1. The third kappa shape index (κ3) is 3.02. The zero-order valence-corrected chi connectivity index (χ0v) is 13.2. The smallest absolute Gasteiger partial charge is 0.338 e. The van der Waals surface area contributed by atoms with Crippen molar-refractivity contribution < 1.29 is 19.2 Å². The van der Waals surface area contributed by atoms with Crippen LogP contribution in [-0.4, -0.2) is 17.5 Å². The van der Waals surface area contributed by atoms with E-state index in [2.05, 4.69) is 0 Å². The summed E-state index contributed by atoms with van der Waals surface area (Å²) in [5, 5.41) is 20.1. The fourth-order valence-electron chi connectivity index (χ4n) is 2.23. The Labute approximate surface area is 135 Å². The number of hydrogen-bond acceptors (Lipinski definition) is 8. The van der Waals surface area contributed by atoms with Crippen molar-refractivity contribution >= 4 is 22.3 Å². The minimum atomic E-state index is -0.841. The highest BCUT2D eigenvalue weighted by Gasteiger charge is 2.37. The molecular formula is C14H13N3O5S. The average molecular weight is 335 g/mol. The predicted molar refractivity (Wildman–Crippen MR) is 81.0 cm³/mol. The molecular weight excluding hydrogens is 322 g/mol. The fourth-order valence-corrected chi connectivity index (χ4v) is 3.18. The van der Waals surface area contributed by atoms with Crippen molar-refractivity contribution in [2.24, 2.45) is 5.73 Å². The molecule has 2 heterocycles. The SMILES string of the molecule is CCOC(=O)C1=C(C)OC(N)=C(C#N)C1c1ccc([N+](=O)[O-])s1. The molecule has 0 bridgehead atoms. The molecule has 1 aliphatic heterocycles. The number of ether oxygens (including phenoxy) is 2. The van der Waals surface area contributed by atoms with Gasteiger partial charge in [0.25, 0.3) is 0 Å². The maximum absolute atomic E-state index is 12.2. The van der Waals surface area contributed by atoms with Gasteiger partial charge in [0.1, 0.15) is 17.4 Å². The van der Waals surface area contributed by atoms with Gasteiger partial charge in [-0.25, -0.2) is 4.79 Å². The lowest BCUT2D eigenvalue weighted by molar-refractivity contribution is -0.380. The molecule has 2 N–H and O–H groups in total. The van der Waals surface area contributed by atoms with Gasteiger partial charge in [-0.15, -0.1) is 0 Å². The van der Waals surface area contributed by atoms with E-state index in [-0.39, 0.29) is 34.4 Å². The number of thiophene rings is 1. The van der Waals surface area contributed by atoms with Crippen LogP contribution in [0.2, 0.25) is 0 Å². The molecule has 9 heteroatoms. The highest BCUT2D eigenvalue weighted by molar-refractivity contribution is 7.15. The number of carbonyl (C=O) groups is 1.